The van der Waals surface area contributed by atoms with Gasteiger partial charge in [0.2, 0.25) is 15.9 Å². The van der Waals surface area contributed by atoms with Gasteiger partial charge in [-0.25, -0.2) is 8.42 Å². The summed E-state index contributed by atoms with van der Waals surface area (Å²) in [4.78, 5) is 13.2. The number of aryl methyl sites for hydroxylation is 3. The van der Waals surface area contributed by atoms with Gasteiger partial charge in [-0.1, -0.05) is 59.1 Å². The van der Waals surface area contributed by atoms with Crippen LogP contribution in [0.4, 0.5) is 5.69 Å². The van der Waals surface area contributed by atoms with Gasteiger partial charge in [-0.05, 0) is 74.2 Å². The number of carbonyl (C=O) groups excluding carboxylic acids is 1. The zero-order chi connectivity index (χ0) is 24.3. The fourth-order valence-electron chi connectivity index (χ4n) is 3.81. The Hall–Kier alpha value is -2.38. The Kier molecular flexibility index (Phi) is 7.85. The van der Waals surface area contributed by atoms with E-state index in [-0.39, 0.29) is 18.0 Å². The number of anilines is 1. The number of carbonyl (C=O) groups is 1. The first-order valence-electron chi connectivity index (χ1n) is 10.4. The van der Waals surface area contributed by atoms with E-state index in [1.54, 1.807) is 63.2 Å². The molecule has 0 saturated carbocycles. The summed E-state index contributed by atoms with van der Waals surface area (Å²) in [5, 5.41) is 3.85. The van der Waals surface area contributed by atoms with Gasteiger partial charge in [0.25, 0.3) is 0 Å². The Morgan fingerprint density at radius 2 is 1.55 bits per heavy atom. The van der Waals surface area contributed by atoms with E-state index < -0.39 is 15.9 Å². The van der Waals surface area contributed by atoms with Crippen molar-refractivity contribution in [3.05, 3.63) is 92.5 Å². The highest BCUT2D eigenvalue weighted by atomic mass is 35.5. The van der Waals surface area contributed by atoms with Crippen molar-refractivity contribution in [2.24, 2.45) is 0 Å². The molecule has 8 heteroatoms. The van der Waals surface area contributed by atoms with Crippen LogP contribution in [0.2, 0.25) is 10.0 Å². The highest BCUT2D eigenvalue weighted by Gasteiger charge is 2.30. The number of amides is 1. The predicted octanol–water partition coefficient (Wildman–Crippen LogP) is 6.06. The number of rotatable bonds is 7. The van der Waals surface area contributed by atoms with Crippen molar-refractivity contribution in [1.82, 2.24) is 4.31 Å². The second kappa shape index (κ2) is 10.3. The zero-order valence-electron chi connectivity index (χ0n) is 18.9. The van der Waals surface area contributed by atoms with E-state index in [0.29, 0.717) is 32.4 Å². The zero-order valence-corrected chi connectivity index (χ0v) is 21.3. The van der Waals surface area contributed by atoms with Gasteiger partial charge < -0.3 is 5.32 Å². The lowest BCUT2D eigenvalue weighted by molar-refractivity contribution is -0.116. The molecule has 3 rings (SSSR count). The first-order chi connectivity index (χ1) is 15.5. The maximum atomic E-state index is 13.8. The Morgan fingerprint density at radius 3 is 2.15 bits per heavy atom. The lowest BCUT2D eigenvalue weighted by Crippen LogP contribution is -2.38. The molecule has 0 aromatic heterocycles. The van der Waals surface area contributed by atoms with Gasteiger partial charge >= 0.3 is 0 Å². The van der Waals surface area contributed by atoms with Crippen LogP contribution in [0.25, 0.3) is 0 Å². The largest absolute Gasteiger partial charge is 0.325 e. The molecule has 0 unspecified atom stereocenters. The molecule has 0 atom stereocenters. The first-order valence-corrected chi connectivity index (χ1v) is 12.6. The highest BCUT2D eigenvalue weighted by Crippen LogP contribution is 2.27. The van der Waals surface area contributed by atoms with Gasteiger partial charge in [0.15, 0.2) is 0 Å². The fraction of sp³-hybridized carbons (Fsp3) is 0.240. The summed E-state index contributed by atoms with van der Waals surface area (Å²) in [6.45, 7) is 6.91. The Balaban J connectivity index is 1.98. The summed E-state index contributed by atoms with van der Waals surface area (Å²) in [6, 6.07) is 15.7. The molecule has 174 valence electrons. The number of halogens is 2. The van der Waals surface area contributed by atoms with Gasteiger partial charge in [-0.2, -0.15) is 4.31 Å². The molecular weight excluding hydrogens is 479 g/mol. The minimum absolute atomic E-state index is 0.0220. The van der Waals surface area contributed by atoms with Crippen molar-refractivity contribution in [2.75, 3.05) is 11.9 Å². The molecule has 0 bridgehead atoms. The third-order valence-electron chi connectivity index (χ3n) is 5.34. The number of nitrogens with zero attached hydrogens (tertiary/aromatic N) is 1. The summed E-state index contributed by atoms with van der Waals surface area (Å²) in [7, 11) is -3.98. The van der Waals surface area contributed by atoms with Crippen LogP contribution in [0.15, 0.2) is 59.5 Å². The third kappa shape index (κ3) is 5.95. The third-order valence-corrected chi connectivity index (χ3v) is 8.10. The molecule has 0 aliphatic carbocycles. The summed E-state index contributed by atoms with van der Waals surface area (Å²) < 4.78 is 28.7. The van der Waals surface area contributed by atoms with Crippen LogP contribution >= 0.6 is 23.2 Å². The topological polar surface area (TPSA) is 66.5 Å². The van der Waals surface area contributed by atoms with Gasteiger partial charge in [0.1, 0.15) is 0 Å². The van der Waals surface area contributed by atoms with Crippen molar-refractivity contribution < 1.29 is 13.2 Å². The van der Waals surface area contributed by atoms with E-state index in [2.05, 4.69) is 5.32 Å². The van der Waals surface area contributed by atoms with Crippen molar-refractivity contribution in [2.45, 2.75) is 39.1 Å². The van der Waals surface area contributed by atoms with Crippen LogP contribution in [0.3, 0.4) is 0 Å². The Labute approximate surface area is 205 Å². The second-order valence-corrected chi connectivity index (χ2v) is 10.8. The summed E-state index contributed by atoms with van der Waals surface area (Å²) in [6.07, 6.45) is 0. The van der Waals surface area contributed by atoms with E-state index in [9.17, 15) is 13.2 Å². The van der Waals surface area contributed by atoms with Gasteiger partial charge in [0.05, 0.1) is 11.4 Å². The quantitative estimate of drug-likeness (QED) is 0.425. The molecule has 1 N–H and O–H groups in total. The molecule has 0 saturated heterocycles. The minimum Gasteiger partial charge on any atom is -0.325 e. The number of nitrogens with one attached hydrogen (secondary N) is 1. The summed E-state index contributed by atoms with van der Waals surface area (Å²) in [5.74, 6) is -0.458. The van der Waals surface area contributed by atoms with E-state index >= 15 is 0 Å². The molecule has 0 spiro atoms. The van der Waals surface area contributed by atoms with Crippen LogP contribution in [0, 0.1) is 27.7 Å². The van der Waals surface area contributed by atoms with E-state index in [0.717, 1.165) is 11.1 Å². The molecule has 3 aromatic carbocycles. The highest BCUT2D eigenvalue weighted by molar-refractivity contribution is 7.89. The van der Waals surface area contributed by atoms with Gasteiger partial charge in [-0.15, -0.1) is 0 Å². The number of hydrogen-bond donors (Lipinski definition) is 1. The van der Waals surface area contributed by atoms with Crippen LogP contribution in [0.5, 0.6) is 0 Å². The Morgan fingerprint density at radius 1 is 0.939 bits per heavy atom. The standard InChI is InChI=1S/C25H26Cl2N2O3S/c1-16-12-17(2)25(18(3)13-16)33(31,32)29(14-20-8-10-21(26)11-9-20)15-24(30)28-23-7-5-6-22(27)19(23)4/h5-13H,14-15H2,1-4H3,(H,28,30). The molecule has 0 heterocycles. The minimum atomic E-state index is -3.98. The average molecular weight is 505 g/mol. The maximum Gasteiger partial charge on any atom is 0.244 e. The average Bonchev–Trinajstić information content (AvgIpc) is 2.71. The van der Waals surface area contributed by atoms with Crippen molar-refractivity contribution in [1.29, 1.82) is 0 Å². The molecule has 1 amide bonds. The van der Waals surface area contributed by atoms with Gasteiger partial charge in [0, 0.05) is 22.3 Å². The normalized spacial score (nSPS) is 11.6. The number of sulfonamides is 1. The molecule has 3 aromatic rings. The summed E-state index contributed by atoms with van der Waals surface area (Å²) in [5.41, 5.74) is 4.22. The molecule has 0 aliphatic rings. The lowest BCUT2D eigenvalue weighted by atomic mass is 10.1. The number of benzene rings is 3. The van der Waals surface area contributed by atoms with Crippen molar-refractivity contribution in [3.63, 3.8) is 0 Å². The molecule has 0 fully saturated rings. The van der Waals surface area contributed by atoms with Crippen LogP contribution in [-0.4, -0.2) is 25.2 Å². The van der Waals surface area contributed by atoms with Gasteiger partial charge in [-0.3, -0.25) is 4.79 Å². The fourth-order valence-corrected chi connectivity index (χ4v) is 5.91. The maximum absolute atomic E-state index is 13.8. The van der Waals surface area contributed by atoms with Crippen molar-refractivity contribution >= 4 is 44.8 Å². The molecular formula is C25H26Cl2N2O3S. The van der Waals surface area contributed by atoms with E-state index in [1.165, 1.54) is 4.31 Å². The van der Waals surface area contributed by atoms with E-state index in [4.69, 9.17) is 23.2 Å². The summed E-state index contributed by atoms with van der Waals surface area (Å²) >= 11 is 12.1. The molecule has 5 nitrogen and oxygen atoms in total. The van der Waals surface area contributed by atoms with Crippen LogP contribution < -0.4 is 5.32 Å². The second-order valence-electron chi connectivity index (χ2n) is 8.09. The van der Waals surface area contributed by atoms with Crippen molar-refractivity contribution in [3.8, 4) is 0 Å². The van der Waals surface area contributed by atoms with Crippen LogP contribution in [-0.2, 0) is 21.4 Å². The Bertz CT molecular complexity index is 1270. The molecule has 0 radical (unpaired) electrons. The molecule has 33 heavy (non-hydrogen) atoms. The van der Waals surface area contributed by atoms with Crippen LogP contribution in [0.1, 0.15) is 27.8 Å². The molecule has 0 aliphatic heterocycles. The predicted molar refractivity (Wildman–Crippen MR) is 135 cm³/mol. The smallest absolute Gasteiger partial charge is 0.244 e. The lowest BCUT2D eigenvalue weighted by Gasteiger charge is -2.24. The SMILES string of the molecule is Cc1cc(C)c(S(=O)(=O)N(CC(=O)Nc2cccc(Cl)c2C)Cc2ccc(Cl)cc2)c(C)c1. The first kappa shape index (κ1) is 25.2. The van der Waals surface area contributed by atoms with E-state index in [1.807, 2.05) is 19.1 Å². The monoisotopic (exact) mass is 504 g/mol. The number of hydrogen-bond acceptors (Lipinski definition) is 3.